The zero-order chi connectivity index (χ0) is 17.4. The fourth-order valence-corrected chi connectivity index (χ4v) is 2.66. The van der Waals surface area contributed by atoms with Gasteiger partial charge in [0.05, 0.1) is 25.4 Å². The molecule has 0 saturated heterocycles. The van der Waals surface area contributed by atoms with E-state index in [4.69, 9.17) is 9.15 Å². The van der Waals surface area contributed by atoms with E-state index in [1.54, 1.807) is 36.1 Å². The summed E-state index contributed by atoms with van der Waals surface area (Å²) in [6.45, 7) is 2.19. The van der Waals surface area contributed by atoms with Crippen molar-refractivity contribution in [3.05, 3.63) is 60.0 Å². The van der Waals surface area contributed by atoms with Gasteiger partial charge < -0.3 is 9.15 Å². The Morgan fingerprint density at radius 2 is 2.16 bits per heavy atom. The average molecular weight is 338 g/mol. The molecular formula is C18H15FN4O2. The first kappa shape index (κ1) is 15.3. The number of nitrogens with zero attached hydrogens (tertiary/aromatic N) is 4. The van der Waals surface area contributed by atoms with Gasteiger partial charge in [-0.2, -0.15) is 5.10 Å². The molecule has 0 spiro atoms. The first-order valence-corrected chi connectivity index (χ1v) is 7.72. The molecule has 3 aromatic heterocycles. The van der Waals surface area contributed by atoms with Gasteiger partial charge in [-0.3, -0.25) is 0 Å². The van der Waals surface area contributed by atoms with Crippen LogP contribution >= 0.6 is 0 Å². The molecule has 0 bridgehead atoms. The largest absolute Gasteiger partial charge is 0.497 e. The van der Waals surface area contributed by atoms with Crippen LogP contribution in [0.4, 0.5) is 4.39 Å². The maximum absolute atomic E-state index is 14.2. The highest BCUT2D eigenvalue weighted by molar-refractivity contribution is 5.74. The maximum atomic E-state index is 14.2. The van der Waals surface area contributed by atoms with Crippen molar-refractivity contribution >= 4 is 11.0 Å². The molecule has 0 radical (unpaired) electrons. The number of aromatic nitrogens is 4. The van der Waals surface area contributed by atoms with E-state index in [9.17, 15) is 4.39 Å². The van der Waals surface area contributed by atoms with E-state index in [2.05, 4.69) is 15.1 Å². The lowest BCUT2D eigenvalue weighted by Gasteiger charge is -2.02. The van der Waals surface area contributed by atoms with Crippen molar-refractivity contribution < 1.29 is 13.5 Å². The highest BCUT2D eigenvalue weighted by Gasteiger charge is 2.17. The zero-order valence-electron chi connectivity index (χ0n) is 13.7. The molecule has 0 unspecified atom stereocenters. The molecule has 126 valence electrons. The second-order valence-electron chi connectivity index (χ2n) is 5.59. The van der Waals surface area contributed by atoms with Crippen molar-refractivity contribution in [3.63, 3.8) is 0 Å². The van der Waals surface area contributed by atoms with Gasteiger partial charge in [0.25, 0.3) is 0 Å². The Balaban J connectivity index is 1.69. The quantitative estimate of drug-likeness (QED) is 0.569. The Bertz CT molecular complexity index is 1050. The fraction of sp³-hybridized carbons (Fsp3) is 0.167. The van der Waals surface area contributed by atoms with Gasteiger partial charge in [-0.25, -0.2) is 19.0 Å². The van der Waals surface area contributed by atoms with E-state index in [-0.39, 0.29) is 5.89 Å². The van der Waals surface area contributed by atoms with E-state index < -0.39 is 5.82 Å². The Hall–Kier alpha value is -3.22. The molecule has 25 heavy (non-hydrogen) atoms. The van der Waals surface area contributed by atoms with Crippen LogP contribution in [0, 0.1) is 12.7 Å². The summed E-state index contributed by atoms with van der Waals surface area (Å²) in [5, 5.41) is 5.28. The van der Waals surface area contributed by atoms with E-state index in [0.29, 0.717) is 29.3 Å². The summed E-state index contributed by atoms with van der Waals surface area (Å²) in [7, 11) is 1.49. The molecule has 6 nitrogen and oxygen atoms in total. The van der Waals surface area contributed by atoms with Gasteiger partial charge in [0.1, 0.15) is 23.0 Å². The molecule has 0 N–H and O–H groups in total. The van der Waals surface area contributed by atoms with Gasteiger partial charge in [-0.15, -0.1) is 0 Å². The summed E-state index contributed by atoms with van der Waals surface area (Å²) in [5.74, 6) is 0.846. The molecule has 0 amide bonds. The highest BCUT2D eigenvalue weighted by atomic mass is 19.1. The number of ether oxygens (including phenoxy) is 1. The number of aryl methyl sites for hydroxylation is 1. The number of pyridine rings is 1. The molecule has 3 heterocycles. The van der Waals surface area contributed by atoms with Gasteiger partial charge in [-0.1, -0.05) is 0 Å². The van der Waals surface area contributed by atoms with Crippen molar-refractivity contribution in [3.8, 4) is 17.2 Å². The predicted octanol–water partition coefficient (Wildman–Crippen LogP) is 3.59. The number of rotatable bonds is 4. The van der Waals surface area contributed by atoms with Crippen molar-refractivity contribution in [1.82, 2.24) is 19.7 Å². The van der Waals surface area contributed by atoms with Crippen molar-refractivity contribution in [2.24, 2.45) is 0 Å². The summed E-state index contributed by atoms with van der Waals surface area (Å²) in [5.41, 5.74) is 1.74. The summed E-state index contributed by atoms with van der Waals surface area (Å²) >= 11 is 0. The van der Waals surface area contributed by atoms with Crippen LogP contribution in [0.25, 0.3) is 22.5 Å². The van der Waals surface area contributed by atoms with Gasteiger partial charge in [0.15, 0.2) is 5.65 Å². The average Bonchev–Trinajstić information content (AvgIpc) is 3.19. The van der Waals surface area contributed by atoms with Gasteiger partial charge >= 0.3 is 0 Å². The van der Waals surface area contributed by atoms with Crippen LogP contribution < -0.4 is 4.74 Å². The van der Waals surface area contributed by atoms with Crippen LogP contribution in [-0.2, 0) is 6.54 Å². The molecule has 0 fully saturated rings. The Kier molecular flexibility index (Phi) is 3.68. The first-order valence-electron chi connectivity index (χ1n) is 7.72. The predicted molar refractivity (Wildman–Crippen MR) is 89.8 cm³/mol. The smallest absolute Gasteiger partial charge is 0.229 e. The Labute approximate surface area is 142 Å². The number of hydrogen-bond acceptors (Lipinski definition) is 5. The zero-order valence-corrected chi connectivity index (χ0v) is 13.7. The van der Waals surface area contributed by atoms with Crippen molar-refractivity contribution in [1.29, 1.82) is 0 Å². The summed E-state index contributed by atoms with van der Waals surface area (Å²) in [6.07, 6.45) is 3.47. The molecular weight excluding hydrogens is 323 g/mol. The molecule has 0 saturated carbocycles. The molecule has 0 aliphatic heterocycles. The van der Waals surface area contributed by atoms with E-state index in [1.807, 2.05) is 12.1 Å². The SMILES string of the molecule is COc1ccc(-c2nc(Cn3ncc4cccnc43)c(C)o2)c(F)c1. The number of benzene rings is 1. The fourth-order valence-electron chi connectivity index (χ4n) is 2.66. The van der Waals surface area contributed by atoms with Crippen molar-refractivity contribution in [2.45, 2.75) is 13.5 Å². The van der Waals surface area contributed by atoms with E-state index in [0.717, 1.165) is 11.0 Å². The number of oxazole rings is 1. The Morgan fingerprint density at radius 3 is 2.96 bits per heavy atom. The van der Waals surface area contributed by atoms with Crippen LogP contribution in [0.2, 0.25) is 0 Å². The third-order valence-electron chi connectivity index (χ3n) is 4.00. The third-order valence-corrected chi connectivity index (χ3v) is 4.00. The lowest BCUT2D eigenvalue weighted by molar-refractivity contribution is 0.411. The van der Waals surface area contributed by atoms with Crippen LogP contribution in [0.3, 0.4) is 0 Å². The number of methoxy groups -OCH3 is 1. The van der Waals surface area contributed by atoms with Crippen LogP contribution in [0.5, 0.6) is 5.75 Å². The summed E-state index contributed by atoms with van der Waals surface area (Å²) < 4.78 is 26.7. The molecule has 0 aliphatic rings. The van der Waals surface area contributed by atoms with E-state index in [1.165, 1.54) is 13.2 Å². The van der Waals surface area contributed by atoms with Gasteiger partial charge in [0.2, 0.25) is 5.89 Å². The molecule has 4 aromatic rings. The molecule has 7 heteroatoms. The minimum atomic E-state index is -0.446. The van der Waals surface area contributed by atoms with Crippen LogP contribution in [-0.4, -0.2) is 26.9 Å². The van der Waals surface area contributed by atoms with Gasteiger partial charge in [0, 0.05) is 17.6 Å². The maximum Gasteiger partial charge on any atom is 0.229 e. The highest BCUT2D eigenvalue weighted by Crippen LogP contribution is 2.27. The van der Waals surface area contributed by atoms with Gasteiger partial charge in [-0.05, 0) is 31.2 Å². The van der Waals surface area contributed by atoms with Crippen LogP contribution in [0.1, 0.15) is 11.5 Å². The minimum Gasteiger partial charge on any atom is -0.497 e. The molecule has 1 aromatic carbocycles. The topological polar surface area (TPSA) is 66.0 Å². The number of halogens is 1. The second-order valence-corrected chi connectivity index (χ2v) is 5.59. The lowest BCUT2D eigenvalue weighted by Crippen LogP contribution is -2.04. The molecule has 4 rings (SSSR count). The summed E-state index contributed by atoms with van der Waals surface area (Å²) in [6, 6.07) is 8.37. The molecule has 0 aliphatic carbocycles. The summed E-state index contributed by atoms with van der Waals surface area (Å²) in [4.78, 5) is 8.78. The molecule has 0 atom stereocenters. The third kappa shape index (κ3) is 2.73. The Morgan fingerprint density at radius 1 is 1.28 bits per heavy atom. The standard InChI is InChI=1S/C18H15FN4O2/c1-11-16(10-23-17-12(9-21-23)4-3-7-20-17)22-18(25-11)14-6-5-13(24-2)8-15(14)19/h3-9H,10H2,1-2H3. The lowest BCUT2D eigenvalue weighted by atomic mass is 10.2. The minimum absolute atomic E-state index is 0.233. The second kappa shape index (κ2) is 6.01. The van der Waals surface area contributed by atoms with E-state index >= 15 is 0 Å². The first-order chi connectivity index (χ1) is 12.2. The number of hydrogen-bond donors (Lipinski definition) is 0. The van der Waals surface area contributed by atoms with Crippen molar-refractivity contribution in [2.75, 3.05) is 7.11 Å². The monoisotopic (exact) mass is 338 g/mol. The normalized spacial score (nSPS) is 11.2. The number of fused-ring (bicyclic) bond motifs is 1. The van der Waals surface area contributed by atoms with Crippen LogP contribution in [0.15, 0.2) is 47.1 Å².